The number of amides is 1. The molecule has 140 valence electrons. The van der Waals surface area contributed by atoms with E-state index in [-0.39, 0.29) is 11.5 Å². The zero-order chi connectivity index (χ0) is 19.4. The Balaban J connectivity index is 1.94. The summed E-state index contributed by atoms with van der Waals surface area (Å²) < 4.78 is 6.69. The van der Waals surface area contributed by atoms with Gasteiger partial charge in [0.2, 0.25) is 0 Å². The van der Waals surface area contributed by atoms with Gasteiger partial charge in [0, 0.05) is 24.2 Å². The average molecular weight is 404 g/mol. The first-order valence-corrected chi connectivity index (χ1v) is 9.06. The van der Waals surface area contributed by atoms with Crippen LogP contribution in [-0.2, 0) is 11.3 Å². The Hall–Kier alpha value is -2.48. The number of hydrogen-bond acceptors (Lipinski definition) is 4. The third-order valence-electron chi connectivity index (χ3n) is 4.09. The summed E-state index contributed by atoms with van der Waals surface area (Å²) in [6, 6.07) is 12.1. The number of hydrogen-bond donors (Lipinski definition) is 2. The van der Waals surface area contributed by atoms with Crippen LogP contribution in [0.2, 0.25) is 5.02 Å². The van der Waals surface area contributed by atoms with E-state index in [0.717, 1.165) is 5.56 Å². The quantitative estimate of drug-likeness (QED) is 0.489. The van der Waals surface area contributed by atoms with E-state index in [9.17, 15) is 9.59 Å². The van der Waals surface area contributed by atoms with Gasteiger partial charge < -0.3 is 15.0 Å². The predicted octanol–water partition coefficient (Wildman–Crippen LogP) is 3.14. The highest BCUT2D eigenvalue weighted by Crippen LogP contribution is 2.13. The van der Waals surface area contributed by atoms with Crippen LogP contribution in [0, 0.1) is 4.77 Å². The predicted molar refractivity (Wildman–Crippen MR) is 108 cm³/mol. The molecule has 3 aromatic rings. The number of carbonyl (C=O) groups excluding carboxylic acids is 1. The van der Waals surface area contributed by atoms with Gasteiger partial charge in [-0.25, -0.2) is 0 Å². The fraction of sp³-hybridized carbons (Fsp3) is 0.211. The summed E-state index contributed by atoms with van der Waals surface area (Å²) in [6.45, 7) is 1.17. The van der Waals surface area contributed by atoms with Crippen LogP contribution in [-0.4, -0.2) is 35.7 Å². The molecule has 0 atom stereocenters. The second-order valence-electron chi connectivity index (χ2n) is 5.96. The molecule has 2 aromatic carbocycles. The first-order valence-electron chi connectivity index (χ1n) is 8.28. The highest BCUT2D eigenvalue weighted by molar-refractivity contribution is 7.71. The van der Waals surface area contributed by atoms with Crippen LogP contribution in [0.15, 0.2) is 47.3 Å². The molecule has 0 spiro atoms. The van der Waals surface area contributed by atoms with Gasteiger partial charge in [-0.15, -0.1) is 0 Å². The van der Waals surface area contributed by atoms with Crippen molar-refractivity contribution in [2.75, 3.05) is 20.3 Å². The number of nitrogens with one attached hydrogen (secondary N) is 2. The van der Waals surface area contributed by atoms with Crippen molar-refractivity contribution in [1.82, 2.24) is 14.9 Å². The first kappa shape index (κ1) is 19.3. The number of nitrogens with zero attached hydrogens (tertiary/aromatic N) is 1. The van der Waals surface area contributed by atoms with Crippen LogP contribution in [0.1, 0.15) is 15.9 Å². The maximum atomic E-state index is 12.8. The third-order valence-corrected chi connectivity index (χ3v) is 4.66. The van der Waals surface area contributed by atoms with E-state index >= 15 is 0 Å². The fourth-order valence-corrected chi connectivity index (χ4v) is 3.06. The van der Waals surface area contributed by atoms with Gasteiger partial charge in [0.1, 0.15) is 0 Å². The number of H-pyrrole nitrogens is 1. The standard InChI is InChI=1S/C19H18ClN3O3S/c1-26-9-8-21-17(24)13-4-7-15-16(10-13)22-19(27)23(18(15)25)11-12-2-5-14(20)6-3-12/h2-7,10H,8-9,11H2,1H3,(H,21,24)(H,22,27). The molecule has 1 amide bonds. The van der Waals surface area contributed by atoms with Crippen molar-refractivity contribution >= 4 is 40.6 Å². The van der Waals surface area contributed by atoms with Crippen molar-refractivity contribution in [2.24, 2.45) is 0 Å². The molecule has 0 unspecified atom stereocenters. The highest BCUT2D eigenvalue weighted by atomic mass is 35.5. The molecule has 0 saturated carbocycles. The van der Waals surface area contributed by atoms with Gasteiger partial charge in [0.15, 0.2) is 4.77 Å². The minimum absolute atomic E-state index is 0.213. The van der Waals surface area contributed by atoms with Crippen molar-refractivity contribution in [3.63, 3.8) is 0 Å². The lowest BCUT2D eigenvalue weighted by molar-refractivity contribution is 0.0937. The SMILES string of the molecule is COCCNC(=O)c1ccc2c(=O)n(Cc3ccc(Cl)cc3)c(=S)[nH]c2c1. The van der Waals surface area contributed by atoms with Gasteiger partial charge in [0.25, 0.3) is 11.5 Å². The Kier molecular flexibility index (Phi) is 6.05. The number of ether oxygens (including phenoxy) is 1. The molecular formula is C19H18ClN3O3S. The van der Waals surface area contributed by atoms with E-state index in [0.29, 0.717) is 46.0 Å². The molecule has 8 heteroatoms. The monoisotopic (exact) mass is 403 g/mol. The second-order valence-corrected chi connectivity index (χ2v) is 6.78. The van der Waals surface area contributed by atoms with E-state index < -0.39 is 0 Å². The number of aromatic nitrogens is 2. The molecule has 3 rings (SSSR count). The molecule has 1 heterocycles. The summed E-state index contributed by atoms with van der Waals surface area (Å²) in [5, 5.41) is 3.84. The van der Waals surface area contributed by atoms with Crippen LogP contribution >= 0.6 is 23.8 Å². The smallest absolute Gasteiger partial charge is 0.262 e. The molecule has 0 bridgehead atoms. The minimum Gasteiger partial charge on any atom is -0.383 e. The summed E-state index contributed by atoms with van der Waals surface area (Å²) in [6.07, 6.45) is 0. The van der Waals surface area contributed by atoms with Gasteiger partial charge in [-0.3, -0.25) is 14.2 Å². The topological polar surface area (TPSA) is 76.1 Å². The van der Waals surface area contributed by atoms with Crippen LogP contribution in [0.4, 0.5) is 0 Å². The lowest BCUT2D eigenvalue weighted by Gasteiger charge is -2.10. The Labute approximate surface area is 165 Å². The first-order chi connectivity index (χ1) is 13.0. The van der Waals surface area contributed by atoms with Crippen LogP contribution in [0.3, 0.4) is 0 Å². The molecule has 0 fully saturated rings. The van der Waals surface area contributed by atoms with E-state index in [1.54, 1.807) is 37.4 Å². The van der Waals surface area contributed by atoms with E-state index in [4.69, 9.17) is 28.6 Å². The third kappa shape index (κ3) is 4.44. The summed E-state index contributed by atoms with van der Waals surface area (Å²) in [5.74, 6) is -0.237. The molecule has 2 N–H and O–H groups in total. The summed E-state index contributed by atoms with van der Waals surface area (Å²) >= 11 is 11.3. The lowest BCUT2D eigenvalue weighted by Crippen LogP contribution is -2.27. The van der Waals surface area contributed by atoms with Crippen LogP contribution in [0.5, 0.6) is 0 Å². The zero-order valence-electron chi connectivity index (χ0n) is 14.6. The molecule has 0 radical (unpaired) electrons. The molecular weight excluding hydrogens is 386 g/mol. The maximum absolute atomic E-state index is 12.8. The van der Waals surface area contributed by atoms with Gasteiger partial charge in [0.05, 0.1) is 24.1 Å². The Morgan fingerprint density at radius 3 is 2.70 bits per heavy atom. The maximum Gasteiger partial charge on any atom is 0.262 e. The molecule has 0 aliphatic rings. The molecule has 0 saturated heterocycles. The van der Waals surface area contributed by atoms with Crippen molar-refractivity contribution in [2.45, 2.75) is 6.54 Å². The number of fused-ring (bicyclic) bond motifs is 1. The lowest BCUT2D eigenvalue weighted by atomic mass is 10.1. The van der Waals surface area contributed by atoms with Gasteiger partial charge >= 0.3 is 0 Å². The van der Waals surface area contributed by atoms with Crippen molar-refractivity contribution in [1.29, 1.82) is 0 Å². The van der Waals surface area contributed by atoms with Crippen molar-refractivity contribution in [3.8, 4) is 0 Å². The van der Waals surface area contributed by atoms with Gasteiger partial charge in [-0.2, -0.15) is 0 Å². The summed E-state index contributed by atoms with van der Waals surface area (Å²) in [7, 11) is 1.57. The van der Waals surface area contributed by atoms with Gasteiger partial charge in [-0.05, 0) is 48.1 Å². The number of benzene rings is 2. The Morgan fingerprint density at radius 2 is 2.00 bits per heavy atom. The van der Waals surface area contributed by atoms with E-state index in [2.05, 4.69) is 10.3 Å². The fourth-order valence-electron chi connectivity index (χ4n) is 2.68. The highest BCUT2D eigenvalue weighted by Gasteiger charge is 2.10. The van der Waals surface area contributed by atoms with E-state index in [1.807, 2.05) is 12.1 Å². The Bertz CT molecular complexity index is 1090. The summed E-state index contributed by atoms with van der Waals surface area (Å²) in [4.78, 5) is 28.1. The van der Waals surface area contributed by atoms with E-state index in [1.165, 1.54) is 4.57 Å². The Morgan fingerprint density at radius 1 is 1.26 bits per heavy atom. The summed E-state index contributed by atoms with van der Waals surface area (Å²) in [5.41, 5.74) is 1.67. The second kappa shape index (κ2) is 8.47. The number of methoxy groups -OCH3 is 1. The molecule has 1 aromatic heterocycles. The van der Waals surface area contributed by atoms with Crippen LogP contribution < -0.4 is 10.9 Å². The zero-order valence-corrected chi connectivity index (χ0v) is 16.2. The number of halogens is 1. The molecule has 0 aliphatic carbocycles. The number of carbonyl (C=O) groups is 1. The number of rotatable bonds is 6. The van der Waals surface area contributed by atoms with Crippen LogP contribution in [0.25, 0.3) is 10.9 Å². The molecule has 0 aliphatic heterocycles. The average Bonchev–Trinajstić information content (AvgIpc) is 2.66. The largest absolute Gasteiger partial charge is 0.383 e. The van der Waals surface area contributed by atoms with Crippen molar-refractivity contribution < 1.29 is 9.53 Å². The van der Waals surface area contributed by atoms with Gasteiger partial charge in [-0.1, -0.05) is 23.7 Å². The number of aromatic amines is 1. The normalized spacial score (nSPS) is 10.9. The molecule has 6 nitrogen and oxygen atoms in total. The minimum atomic E-state index is -0.237. The van der Waals surface area contributed by atoms with Crippen molar-refractivity contribution in [3.05, 3.63) is 73.7 Å². The molecule has 27 heavy (non-hydrogen) atoms.